The largest absolute Gasteiger partial charge is 0.460 e. The molecule has 1 aromatic carbocycles. The van der Waals surface area contributed by atoms with E-state index in [1.54, 1.807) is 0 Å². The average molecular weight is 404 g/mol. The molecule has 0 heterocycles. The summed E-state index contributed by atoms with van der Waals surface area (Å²) in [7, 11) is 0. The molecule has 0 amide bonds. The molecule has 1 unspecified atom stereocenters. The minimum absolute atomic E-state index is 0.149. The Labute approximate surface area is 139 Å². The second-order valence-electron chi connectivity index (χ2n) is 5.30. The molecule has 12 heteroatoms. The van der Waals surface area contributed by atoms with Gasteiger partial charge in [-0.05, 0) is 17.5 Å². The number of benzene rings is 1. The van der Waals surface area contributed by atoms with E-state index in [0.29, 0.717) is 6.07 Å². The fourth-order valence-electron chi connectivity index (χ4n) is 2.07. The first kappa shape index (κ1) is 22.5. The molecule has 0 fully saturated rings. The number of aryl methyl sites for hydroxylation is 1. The Morgan fingerprint density at radius 1 is 0.769 bits per heavy atom. The molecule has 0 spiro atoms. The van der Waals surface area contributed by atoms with E-state index in [4.69, 9.17) is 0 Å². The van der Waals surface area contributed by atoms with Gasteiger partial charge in [0.15, 0.2) is 0 Å². The van der Waals surface area contributed by atoms with Gasteiger partial charge < -0.3 is 5.11 Å². The smallest absolute Gasteiger partial charge is 0.382 e. The second-order valence-corrected chi connectivity index (χ2v) is 5.30. The molecule has 1 N–H and O–H groups in total. The van der Waals surface area contributed by atoms with Gasteiger partial charge >= 0.3 is 29.9 Å². The summed E-state index contributed by atoms with van der Waals surface area (Å²) in [4.78, 5) is 0. The number of aliphatic hydroxyl groups excluding tert-OH is 1. The van der Waals surface area contributed by atoms with Crippen molar-refractivity contribution in [3.8, 4) is 0 Å². The SMILES string of the molecule is CCc1ccccc1C(O)C(F)(F)C(F)(F)C(F)(F)C(F)(F)C(F)(F)F. The van der Waals surface area contributed by atoms with Crippen molar-refractivity contribution < 1.29 is 53.4 Å². The number of halogens is 11. The Morgan fingerprint density at radius 2 is 1.23 bits per heavy atom. The summed E-state index contributed by atoms with van der Waals surface area (Å²) in [5, 5.41) is 9.44. The molecule has 1 aromatic rings. The van der Waals surface area contributed by atoms with Gasteiger partial charge in [-0.25, -0.2) is 0 Å². The third-order valence-corrected chi connectivity index (χ3v) is 3.64. The molecule has 1 rings (SSSR count). The molecule has 0 aliphatic carbocycles. The van der Waals surface area contributed by atoms with Gasteiger partial charge in [-0.3, -0.25) is 0 Å². The van der Waals surface area contributed by atoms with Crippen molar-refractivity contribution in [3.05, 3.63) is 35.4 Å². The van der Waals surface area contributed by atoms with Crippen molar-refractivity contribution in [2.24, 2.45) is 0 Å². The molecule has 0 bridgehead atoms. The van der Waals surface area contributed by atoms with Crippen LogP contribution in [0.25, 0.3) is 0 Å². The molecule has 0 aromatic heterocycles. The fraction of sp³-hybridized carbons (Fsp3) is 0.571. The lowest BCUT2D eigenvalue weighted by molar-refractivity contribution is -0.429. The number of alkyl halides is 11. The van der Waals surface area contributed by atoms with E-state index in [0.717, 1.165) is 12.1 Å². The summed E-state index contributed by atoms with van der Waals surface area (Å²) in [5.74, 6) is -28.6. The predicted octanol–water partition coefficient (Wildman–Crippen LogP) is 5.39. The molecule has 26 heavy (non-hydrogen) atoms. The number of aliphatic hydroxyl groups is 1. The van der Waals surface area contributed by atoms with Gasteiger partial charge in [-0.15, -0.1) is 0 Å². The van der Waals surface area contributed by atoms with E-state index < -0.39 is 41.5 Å². The zero-order chi connectivity index (χ0) is 20.8. The minimum Gasteiger partial charge on any atom is -0.382 e. The maximum Gasteiger partial charge on any atom is 0.460 e. The summed E-state index contributed by atoms with van der Waals surface area (Å²) >= 11 is 0. The Kier molecular flexibility index (Phi) is 5.64. The van der Waals surface area contributed by atoms with Gasteiger partial charge in [0.25, 0.3) is 0 Å². The van der Waals surface area contributed by atoms with E-state index >= 15 is 0 Å². The van der Waals surface area contributed by atoms with Crippen LogP contribution in [0.3, 0.4) is 0 Å². The third-order valence-electron chi connectivity index (χ3n) is 3.64. The third kappa shape index (κ3) is 3.12. The molecule has 150 valence electrons. The molecule has 0 saturated heterocycles. The lowest BCUT2D eigenvalue weighted by Crippen LogP contribution is -2.67. The summed E-state index contributed by atoms with van der Waals surface area (Å²) in [6.07, 6.45) is -11.1. The molecule has 1 nitrogen and oxygen atoms in total. The highest BCUT2D eigenvalue weighted by atomic mass is 19.4. The zero-order valence-corrected chi connectivity index (χ0v) is 12.7. The van der Waals surface area contributed by atoms with Crippen LogP contribution in [-0.4, -0.2) is 35.0 Å². The lowest BCUT2D eigenvalue weighted by atomic mass is 9.89. The molecule has 1 atom stereocenters. The maximum atomic E-state index is 13.8. The molecule has 0 aliphatic heterocycles. The van der Waals surface area contributed by atoms with Gasteiger partial charge in [0.05, 0.1) is 0 Å². The van der Waals surface area contributed by atoms with Crippen molar-refractivity contribution in [3.63, 3.8) is 0 Å². The van der Waals surface area contributed by atoms with Crippen LogP contribution in [0.1, 0.15) is 24.2 Å². The summed E-state index contributed by atoms with van der Waals surface area (Å²) in [5.41, 5.74) is -1.23. The van der Waals surface area contributed by atoms with Crippen molar-refractivity contribution >= 4 is 0 Å². The zero-order valence-electron chi connectivity index (χ0n) is 12.7. The van der Waals surface area contributed by atoms with Crippen LogP contribution in [0.4, 0.5) is 48.3 Å². The van der Waals surface area contributed by atoms with Crippen LogP contribution in [0.2, 0.25) is 0 Å². The van der Waals surface area contributed by atoms with E-state index in [9.17, 15) is 53.4 Å². The van der Waals surface area contributed by atoms with E-state index in [1.165, 1.54) is 13.0 Å². The lowest BCUT2D eigenvalue weighted by Gasteiger charge is -2.39. The monoisotopic (exact) mass is 404 g/mol. The number of hydrogen-bond donors (Lipinski definition) is 1. The van der Waals surface area contributed by atoms with Crippen LogP contribution in [0.15, 0.2) is 24.3 Å². The van der Waals surface area contributed by atoms with Crippen molar-refractivity contribution in [1.29, 1.82) is 0 Å². The molecular weight excluding hydrogens is 393 g/mol. The summed E-state index contributed by atoms with van der Waals surface area (Å²) < 4.78 is 143. The highest BCUT2D eigenvalue weighted by Crippen LogP contribution is 2.59. The maximum absolute atomic E-state index is 13.8. The molecule has 0 radical (unpaired) electrons. The highest BCUT2D eigenvalue weighted by molar-refractivity contribution is 5.31. The number of rotatable bonds is 6. The predicted molar refractivity (Wildman–Crippen MR) is 66.6 cm³/mol. The minimum atomic E-state index is -7.54. The van der Waals surface area contributed by atoms with E-state index in [-0.39, 0.29) is 12.0 Å². The highest BCUT2D eigenvalue weighted by Gasteiger charge is 2.88. The van der Waals surface area contributed by atoms with Gasteiger partial charge in [-0.1, -0.05) is 31.2 Å². The van der Waals surface area contributed by atoms with E-state index in [2.05, 4.69) is 0 Å². The fourth-order valence-corrected chi connectivity index (χ4v) is 2.07. The standard InChI is InChI=1S/C14H11F11O/c1-2-7-5-3-4-6-8(7)9(26)10(15,16)11(17,18)12(19,20)13(21,22)14(23,24)25/h3-6,9,26H,2H2,1H3. The van der Waals surface area contributed by atoms with Crippen molar-refractivity contribution in [1.82, 2.24) is 0 Å². The van der Waals surface area contributed by atoms with Crippen LogP contribution < -0.4 is 0 Å². The molecule has 0 aliphatic rings. The van der Waals surface area contributed by atoms with Crippen LogP contribution in [0.5, 0.6) is 0 Å². The van der Waals surface area contributed by atoms with Crippen molar-refractivity contribution in [2.75, 3.05) is 0 Å². The first-order valence-electron chi connectivity index (χ1n) is 6.80. The second kappa shape index (κ2) is 6.54. The first-order valence-corrected chi connectivity index (χ1v) is 6.80. The van der Waals surface area contributed by atoms with Gasteiger partial charge in [0, 0.05) is 0 Å². The van der Waals surface area contributed by atoms with E-state index in [1.807, 2.05) is 0 Å². The number of hydrogen-bond acceptors (Lipinski definition) is 1. The normalized spacial score (nSPS) is 15.9. The van der Waals surface area contributed by atoms with Crippen LogP contribution in [-0.2, 0) is 6.42 Å². The summed E-state index contributed by atoms with van der Waals surface area (Å²) in [6, 6.07) is 3.86. The molecule has 0 saturated carbocycles. The Hall–Kier alpha value is -1.59. The Balaban J connectivity index is 3.49. The Bertz CT molecular complexity index is 636. The Morgan fingerprint density at radius 3 is 1.65 bits per heavy atom. The van der Waals surface area contributed by atoms with Gasteiger partial charge in [0.1, 0.15) is 6.10 Å². The summed E-state index contributed by atoms with van der Waals surface area (Å²) in [6.45, 7) is 1.31. The van der Waals surface area contributed by atoms with Gasteiger partial charge in [0.2, 0.25) is 0 Å². The average Bonchev–Trinajstić information content (AvgIpc) is 2.52. The van der Waals surface area contributed by atoms with Gasteiger partial charge in [-0.2, -0.15) is 48.3 Å². The van der Waals surface area contributed by atoms with Crippen LogP contribution in [0, 0.1) is 0 Å². The first-order chi connectivity index (χ1) is 11.5. The van der Waals surface area contributed by atoms with Crippen LogP contribution >= 0.6 is 0 Å². The van der Waals surface area contributed by atoms with Crippen molar-refractivity contribution in [2.45, 2.75) is 49.3 Å². The quantitative estimate of drug-likeness (QED) is 0.631. The topological polar surface area (TPSA) is 20.2 Å². The molecular formula is C14H11F11O.